The number of nitriles is 1. The highest BCUT2D eigenvalue weighted by atomic mass is 14.7. The van der Waals surface area contributed by atoms with E-state index in [-0.39, 0.29) is 0 Å². The molecule has 0 aliphatic heterocycles. The molecule has 2 aromatic rings. The van der Waals surface area contributed by atoms with Gasteiger partial charge in [0.25, 0.3) is 0 Å². The van der Waals surface area contributed by atoms with Gasteiger partial charge in [-0.3, -0.25) is 4.98 Å². The van der Waals surface area contributed by atoms with Crippen LogP contribution in [0.15, 0.2) is 24.3 Å². The second-order valence-corrected chi connectivity index (χ2v) is 3.33. The highest BCUT2D eigenvalue weighted by Gasteiger charge is 2.07. The molecular weight excluding hydrogens is 172 g/mol. The van der Waals surface area contributed by atoms with Gasteiger partial charge in [0.1, 0.15) is 6.07 Å². The number of fused-ring (bicyclic) bond motifs is 1. The van der Waals surface area contributed by atoms with Gasteiger partial charge >= 0.3 is 0 Å². The molecule has 2 nitrogen and oxygen atoms in total. The molecule has 0 aliphatic rings. The Labute approximate surface area is 82.8 Å². The van der Waals surface area contributed by atoms with Crippen LogP contribution in [0.5, 0.6) is 0 Å². The zero-order valence-corrected chi connectivity index (χ0v) is 8.20. The summed E-state index contributed by atoms with van der Waals surface area (Å²) in [4.78, 5) is 4.43. The second kappa shape index (κ2) is 3.12. The first-order valence-corrected chi connectivity index (χ1v) is 4.50. The van der Waals surface area contributed by atoms with Crippen LogP contribution in [0.3, 0.4) is 0 Å². The molecule has 1 aromatic heterocycles. The lowest BCUT2D eigenvalue weighted by Crippen LogP contribution is -1.93. The lowest BCUT2D eigenvalue weighted by Gasteiger charge is -2.05. The third-order valence-electron chi connectivity index (χ3n) is 2.49. The molecule has 0 atom stereocenters. The molecule has 1 aromatic carbocycles. The smallest absolute Gasteiger partial charge is 0.100 e. The predicted octanol–water partition coefficient (Wildman–Crippen LogP) is 2.72. The standard InChI is InChI=1S/C12H10N2/c1-8-9(2)14-12-6-4-3-5-10(12)11(8)7-13/h3-6H,1-2H3. The summed E-state index contributed by atoms with van der Waals surface area (Å²) in [5, 5.41) is 10.0. The summed E-state index contributed by atoms with van der Waals surface area (Å²) in [6.07, 6.45) is 0. The molecule has 0 saturated carbocycles. The average molecular weight is 182 g/mol. The van der Waals surface area contributed by atoms with Crippen LogP contribution in [0.25, 0.3) is 10.9 Å². The van der Waals surface area contributed by atoms with E-state index in [4.69, 9.17) is 5.26 Å². The third-order valence-corrected chi connectivity index (χ3v) is 2.49. The van der Waals surface area contributed by atoms with E-state index in [1.54, 1.807) is 0 Å². The fourth-order valence-electron chi connectivity index (χ4n) is 1.57. The van der Waals surface area contributed by atoms with Crippen molar-refractivity contribution in [2.45, 2.75) is 13.8 Å². The minimum Gasteiger partial charge on any atom is -0.253 e. The molecule has 1 heterocycles. The van der Waals surface area contributed by atoms with Gasteiger partial charge < -0.3 is 0 Å². The molecule has 0 fully saturated rings. The molecule has 14 heavy (non-hydrogen) atoms. The summed E-state index contributed by atoms with van der Waals surface area (Å²) in [6.45, 7) is 3.87. The first kappa shape index (κ1) is 8.71. The largest absolute Gasteiger partial charge is 0.253 e. The van der Waals surface area contributed by atoms with Gasteiger partial charge in [0.2, 0.25) is 0 Å². The Morgan fingerprint density at radius 2 is 1.93 bits per heavy atom. The van der Waals surface area contributed by atoms with E-state index in [0.717, 1.165) is 27.7 Å². The number of pyridine rings is 1. The molecule has 0 saturated heterocycles. The molecule has 2 heteroatoms. The van der Waals surface area contributed by atoms with Crippen molar-refractivity contribution < 1.29 is 0 Å². The van der Waals surface area contributed by atoms with E-state index in [2.05, 4.69) is 11.1 Å². The average Bonchev–Trinajstić information content (AvgIpc) is 2.20. The van der Waals surface area contributed by atoms with Crippen LogP contribution >= 0.6 is 0 Å². The number of hydrogen-bond donors (Lipinski definition) is 0. The molecule has 0 amide bonds. The maximum absolute atomic E-state index is 9.06. The number of para-hydroxylation sites is 1. The van der Waals surface area contributed by atoms with Gasteiger partial charge in [-0.05, 0) is 25.5 Å². The van der Waals surface area contributed by atoms with Crippen LogP contribution in [0.1, 0.15) is 16.8 Å². The number of rotatable bonds is 0. The SMILES string of the molecule is Cc1nc2ccccc2c(C#N)c1C. The maximum atomic E-state index is 9.06. The lowest BCUT2D eigenvalue weighted by molar-refractivity contribution is 1.18. The molecule has 0 spiro atoms. The van der Waals surface area contributed by atoms with Crippen LogP contribution in [0, 0.1) is 25.2 Å². The highest BCUT2D eigenvalue weighted by molar-refractivity contribution is 5.86. The Bertz CT molecular complexity index is 536. The van der Waals surface area contributed by atoms with Crippen LogP contribution in [-0.4, -0.2) is 4.98 Å². The molecule has 68 valence electrons. The van der Waals surface area contributed by atoms with Gasteiger partial charge in [0.05, 0.1) is 11.1 Å². The van der Waals surface area contributed by atoms with E-state index in [1.165, 1.54) is 0 Å². The topological polar surface area (TPSA) is 36.7 Å². The van der Waals surface area contributed by atoms with Gasteiger partial charge in [-0.25, -0.2) is 0 Å². The molecule has 0 radical (unpaired) electrons. The predicted molar refractivity (Wildman–Crippen MR) is 55.9 cm³/mol. The minimum absolute atomic E-state index is 0.744. The summed E-state index contributed by atoms with van der Waals surface area (Å²) in [7, 11) is 0. The molecular formula is C12H10N2. The zero-order valence-electron chi connectivity index (χ0n) is 8.20. The number of hydrogen-bond acceptors (Lipinski definition) is 2. The van der Waals surface area contributed by atoms with Gasteiger partial charge in [-0.15, -0.1) is 0 Å². The number of aromatic nitrogens is 1. The first-order valence-electron chi connectivity index (χ1n) is 4.50. The van der Waals surface area contributed by atoms with Crippen molar-refractivity contribution in [3.63, 3.8) is 0 Å². The Kier molecular flexibility index (Phi) is 1.94. The second-order valence-electron chi connectivity index (χ2n) is 3.33. The van der Waals surface area contributed by atoms with Gasteiger partial charge in [-0.2, -0.15) is 5.26 Å². The van der Waals surface area contributed by atoms with Gasteiger partial charge in [0.15, 0.2) is 0 Å². The molecule has 0 bridgehead atoms. The van der Waals surface area contributed by atoms with Crippen LogP contribution in [-0.2, 0) is 0 Å². The van der Waals surface area contributed by atoms with E-state index >= 15 is 0 Å². The molecule has 2 rings (SSSR count). The van der Waals surface area contributed by atoms with Crippen molar-refractivity contribution in [2.75, 3.05) is 0 Å². The van der Waals surface area contributed by atoms with Crippen molar-refractivity contribution in [3.8, 4) is 6.07 Å². The van der Waals surface area contributed by atoms with E-state index in [9.17, 15) is 0 Å². The van der Waals surface area contributed by atoms with Crippen molar-refractivity contribution in [2.24, 2.45) is 0 Å². The van der Waals surface area contributed by atoms with Crippen LogP contribution in [0.4, 0.5) is 0 Å². The van der Waals surface area contributed by atoms with Crippen LogP contribution in [0.2, 0.25) is 0 Å². The summed E-state index contributed by atoms with van der Waals surface area (Å²) in [6, 6.07) is 9.98. The first-order chi connectivity index (χ1) is 6.74. The monoisotopic (exact) mass is 182 g/mol. The Morgan fingerprint density at radius 1 is 1.21 bits per heavy atom. The van der Waals surface area contributed by atoms with E-state index in [0.29, 0.717) is 0 Å². The molecule has 0 unspecified atom stereocenters. The van der Waals surface area contributed by atoms with Gasteiger partial charge in [0, 0.05) is 11.1 Å². The lowest BCUT2D eigenvalue weighted by atomic mass is 10.0. The fourth-order valence-corrected chi connectivity index (χ4v) is 1.57. The summed E-state index contributed by atoms with van der Waals surface area (Å²) >= 11 is 0. The maximum Gasteiger partial charge on any atom is 0.100 e. The fraction of sp³-hybridized carbons (Fsp3) is 0.167. The molecule has 0 aliphatic carbocycles. The Morgan fingerprint density at radius 3 is 2.64 bits per heavy atom. The van der Waals surface area contributed by atoms with Crippen molar-refractivity contribution in [1.82, 2.24) is 4.98 Å². The quantitative estimate of drug-likeness (QED) is 0.628. The summed E-state index contributed by atoms with van der Waals surface area (Å²) in [5.41, 5.74) is 3.55. The normalized spacial score (nSPS) is 10.1. The Hall–Kier alpha value is -1.88. The number of benzene rings is 1. The summed E-state index contributed by atoms with van der Waals surface area (Å²) < 4.78 is 0. The van der Waals surface area contributed by atoms with E-state index < -0.39 is 0 Å². The third kappa shape index (κ3) is 1.14. The van der Waals surface area contributed by atoms with Crippen molar-refractivity contribution >= 4 is 10.9 Å². The Balaban J connectivity index is 2.98. The number of aryl methyl sites for hydroxylation is 1. The van der Waals surface area contributed by atoms with Crippen molar-refractivity contribution in [1.29, 1.82) is 5.26 Å². The number of nitrogens with zero attached hydrogens (tertiary/aromatic N) is 2. The van der Waals surface area contributed by atoms with Crippen LogP contribution < -0.4 is 0 Å². The highest BCUT2D eigenvalue weighted by Crippen LogP contribution is 2.21. The summed E-state index contributed by atoms with van der Waals surface area (Å²) in [5.74, 6) is 0. The minimum atomic E-state index is 0.744. The van der Waals surface area contributed by atoms with E-state index in [1.807, 2.05) is 38.1 Å². The molecule has 0 N–H and O–H groups in total. The van der Waals surface area contributed by atoms with Gasteiger partial charge in [-0.1, -0.05) is 18.2 Å². The zero-order chi connectivity index (χ0) is 10.1. The van der Waals surface area contributed by atoms with Crippen molar-refractivity contribution in [3.05, 3.63) is 41.1 Å².